The minimum absolute atomic E-state index is 0.577. The topological polar surface area (TPSA) is 52.1 Å². The minimum Gasteiger partial charge on any atom is -0.496 e. The van der Waals surface area contributed by atoms with Gasteiger partial charge in [-0.15, -0.1) is 0 Å². The number of para-hydroxylation sites is 1. The summed E-state index contributed by atoms with van der Waals surface area (Å²) >= 11 is 0. The first-order chi connectivity index (χ1) is 13.2. The van der Waals surface area contributed by atoms with E-state index < -0.39 is 0 Å². The second kappa shape index (κ2) is 11.8. The molecule has 1 aromatic rings. The van der Waals surface area contributed by atoms with Gasteiger partial charge in [0.1, 0.15) is 5.75 Å². The van der Waals surface area contributed by atoms with Gasteiger partial charge in [0, 0.05) is 51.4 Å². The van der Waals surface area contributed by atoms with Gasteiger partial charge in [0.05, 0.1) is 13.7 Å². The molecular formula is C21H37N5O. The molecule has 2 N–H and O–H groups in total. The summed E-state index contributed by atoms with van der Waals surface area (Å²) in [6.07, 6.45) is 0. The summed E-state index contributed by atoms with van der Waals surface area (Å²) in [7, 11) is 1.70. The lowest BCUT2D eigenvalue weighted by Gasteiger charge is -2.35. The van der Waals surface area contributed by atoms with Crippen molar-refractivity contribution in [3.05, 3.63) is 29.8 Å². The number of hydrogen-bond donors (Lipinski definition) is 2. The number of rotatable bonds is 9. The van der Waals surface area contributed by atoms with E-state index in [0.717, 1.165) is 36.9 Å². The van der Waals surface area contributed by atoms with Crippen molar-refractivity contribution in [1.29, 1.82) is 0 Å². The number of nitrogens with zero attached hydrogens (tertiary/aromatic N) is 3. The van der Waals surface area contributed by atoms with Crippen LogP contribution in [0.4, 0.5) is 0 Å². The molecule has 0 radical (unpaired) electrons. The third-order valence-corrected chi connectivity index (χ3v) is 5.04. The van der Waals surface area contributed by atoms with Gasteiger partial charge in [0.15, 0.2) is 5.96 Å². The summed E-state index contributed by atoms with van der Waals surface area (Å²) in [6.45, 7) is 16.1. The second-order valence-corrected chi connectivity index (χ2v) is 7.23. The number of hydrogen-bond acceptors (Lipinski definition) is 4. The molecular weight excluding hydrogens is 338 g/mol. The van der Waals surface area contributed by atoms with Gasteiger partial charge in [0.25, 0.3) is 0 Å². The molecule has 1 fully saturated rings. The number of guanidine groups is 1. The molecule has 1 atom stereocenters. The Morgan fingerprint density at radius 3 is 2.48 bits per heavy atom. The van der Waals surface area contributed by atoms with Crippen LogP contribution < -0.4 is 15.4 Å². The molecule has 0 bridgehead atoms. The Morgan fingerprint density at radius 2 is 1.81 bits per heavy atom. The summed E-state index contributed by atoms with van der Waals surface area (Å²) in [6, 6.07) is 8.04. The van der Waals surface area contributed by atoms with Gasteiger partial charge in [-0.25, -0.2) is 4.99 Å². The van der Waals surface area contributed by atoms with Crippen molar-refractivity contribution in [2.45, 2.75) is 27.3 Å². The Bertz CT molecular complexity index is 569. The van der Waals surface area contributed by atoms with Crippen LogP contribution in [0.5, 0.6) is 5.75 Å². The van der Waals surface area contributed by atoms with Crippen molar-refractivity contribution < 1.29 is 4.74 Å². The maximum atomic E-state index is 5.42. The zero-order valence-electron chi connectivity index (χ0n) is 17.5. The molecule has 1 unspecified atom stereocenters. The average molecular weight is 376 g/mol. The van der Waals surface area contributed by atoms with Crippen LogP contribution in [-0.2, 0) is 6.54 Å². The number of methoxy groups -OCH3 is 1. The first-order valence-electron chi connectivity index (χ1n) is 10.2. The van der Waals surface area contributed by atoms with Crippen molar-refractivity contribution in [1.82, 2.24) is 20.4 Å². The smallest absolute Gasteiger partial charge is 0.191 e. The van der Waals surface area contributed by atoms with Crippen LogP contribution in [0.1, 0.15) is 26.3 Å². The molecule has 0 saturated carbocycles. The minimum atomic E-state index is 0.577. The molecule has 1 saturated heterocycles. The van der Waals surface area contributed by atoms with Crippen molar-refractivity contribution in [2.24, 2.45) is 10.9 Å². The number of piperazine rings is 1. The lowest BCUT2D eigenvalue weighted by atomic mass is 10.1. The summed E-state index contributed by atoms with van der Waals surface area (Å²) in [5.74, 6) is 2.33. The van der Waals surface area contributed by atoms with Gasteiger partial charge in [0.2, 0.25) is 0 Å². The highest BCUT2D eigenvalue weighted by Crippen LogP contribution is 2.17. The lowest BCUT2D eigenvalue weighted by molar-refractivity contribution is 0.124. The van der Waals surface area contributed by atoms with Gasteiger partial charge in [-0.1, -0.05) is 32.0 Å². The second-order valence-electron chi connectivity index (χ2n) is 7.23. The highest BCUT2D eigenvalue weighted by molar-refractivity contribution is 5.79. The predicted molar refractivity (Wildman–Crippen MR) is 114 cm³/mol. The molecule has 0 spiro atoms. The van der Waals surface area contributed by atoms with Crippen LogP contribution in [0, 0.1) is 5.92 Å². The maximum Gasteiger partial charge on any atom is 0.191 e. The van der Waals surface area contributed by atoms with E-state index in [1.54, 1.807) is 7.11 Å². The van der Waals surface area contributed by atoms with Gasteiger partial charge in [-0.2, -0.15) is 0 Å². The first-order valence-corrected chi connectivity index (χ1v) is 10.2. The van der Waals surface area contributed by atoms with Crippen molar-refractivity contribution in [2.75, 3.05) is 59.5 Å². The normalized spacial score (nSPS) is 17.6. The predicted octanol–water partition coefficient (Wildman–Crippen LogP) is 2.02. The Labute approximate surface area is 165 Å². The summed E-state index contributed by atoms with van der Waals surface area (Å²) in [5, 5.41) is 6.84. The molecule has 1 aliphatic rings. The van der Waals surface area contributed by atoms with Crippen LogP contribution in [0.2, 0.25) is 0 Å². The zero-order chi connectivity index (χ0) is 19.5. The fraction of sp³-hybridized carbons (Fsp3) is 0.667. The molecule has 2 rings (SSSR count). The van der Waals surface area contributed by atoms with Crippen LogP contribution in [-0.4, -0.2) is 75.2 Å². The van der Waals surface area contributed by atoms with E-state index in [9.17, 15) is 0 Å². The number of benzene rings is 1. The molecule has 1 aliphatic heterocycles. The van der Waals surface area contributed by atoms with E-state index in [4.69, 9.17) is 9.73 Å². The van der Waals surface area contributed by atoms with E-state index in [-0.39, 0.29) is 0 Å². The number of nitrogens with one attached hydrogen (secondary N) is 2. The molecule has 152 valence electrons. The summed E-state index contributed by atoms with van der Waals surface area (Å²) < 4.78 is 5.42. The van der Waals surface area contributed by atoms with Crippen LogP contribution in [0.3, 0.4) is 0 Å². The largest absolute Gasteiger partial charge is 0.496 e. The number of aliphatic imine (C=N–C) groups is 1. The highest BCUT2D eigenvalue weighted by Gasteiger charge is 2.17. The monoisotopic (exact) mass is 375 g/mol. The quantitative estimate of drug-likeness (QED) is 0.511. The van der Waals surface area contributed by atoms with E-state index in [0.29, 0.717) is 12.5 Å². The molecule has 0 aromatic heterocycles. The van der Waals surface area contributed by atoms with Gasteiger partial charge >= 0.3 is 0 Å². The first kappa shape index (κ1) is 21.5. The molecule has 1 heterocycles. The van der Waals surface area contributed by atoms with Crippen LogP contribution >= 0.6 is 0 Å². The van der Waals surface area contributed by atoms with Gasteiger partial charge < -0.3 is 25.2 Å². The maximum absolute atomic E-state index is 5.42. The third kappa shape index (κ3) is 7.39. The molecule has 27 heavy (non-hydrogen) atoms. The third-order valence-electron chi connectivity index (χ3n) is 5.04. The van der Waals surface area contributed by atoms with Crippen LogP contribution in [0.15, 0.2) is 29.3 Å². The average Bonchev–Trinajstić information content (AvgIpc) is 2.71. The molecule has 6 heteroatoms. The summed E-state index contributed by atoms with van der Waals surface area (Å²) in [5.41, 5.74) is 1.10. The molecule has 1 aromatic carbocycles. The Morgan fingerprint density at radius 1 is 1.11 bits per heavy atom. The fourth-order valence-electron chi connectivity index (χ4n) is 3.40. The lowest BCUT2D eigenvalue weighted by Crippen LogP contribution is -2.48. The van der Waals surface area contributed by atoms with Crippen LogP contribution in [0.25, 0.3) is 0 Å². The van der Waals surface area contributed by atoms with E-state index in [1.807, 2.05) is 18.2 Å². The van der Waals surface area contributed by atoms with E-state index >= 15 is 0 Å². The SMILES string of the molecule is CCNC(=NCc1ccccc1OC)NCC(C)CN1CCN(CC)CC1. The highest BCUT2D eigenvalue weighted by atomic mass is 16.5. The van der Waals surface area contributed by atoms with E-state index in [2.05, 4.69) is 47.3 Å². The summed E-state index contributed by atoms with van der Waals surface area (Å²) in [4.78, 5) is 9.83. The Kier molecular flexibility index (Phi) is 9.42. The number of ether oxygens (including phenoxy) is 1. The molecule has 0 amide bonds. The Hall–Kier alpha value is -1.79. The van der Waals surface area contributed by atoms with Crippen molar-refractivity contribution >= 4 is 5.96 Å². The fourth-order valence-corrected chi connectivity index (χ4v) is 3.40. The molecule has 0 aliphatic carbocycles. The van der Waals surface area contributed by atoms with E-state index in [1.165, 1.54) is 32.7 Å². The van der Waals surface area contributed by atoms with Crippen molar-refractivity contribution in [3.8, 4) is 5.75 Å². The molecule has 6 nitrogen and oxygen atoms in total. The van der Waals surface area contributed by atoms with Gasteiger partial charge in [-0.3, -0.25) is 0 Å². The number of likely N-dealkylation sites (N-methyl/N-ethyl adjacent to an activating group) is 1. The van der Waals surface area contributed by atoms with Gasteiger partial charge in [-0.05, 0) is 25.5 Å². The van der Waals surface area contributed by atoms with Crippen molar-refractivity contribution in [3.63, 3.8) is 0 Å². The zero-order valence-corrected chi connectivity index (χ0v) is 17.5. The standard InChI is InChI=1S/C21H37N5O/c1-5-22-21(24-16-19-9-7-8-10-20(19)27-4)23-15-18(3)17-26-13-11-25(6-2)12-14-26/h7-10,18H,5-6,11-17H2,1-4H3,(H2,22,23,24). The Balaban J connectivity index is 1.81.